The summed E-state index contributed by atoms with van der Waals surface area (Å²) in [6, 6.07) is 4.87. The molecule has 21 heavy (non-hydrogen) atoms. The molecule has 2 aromatic rings. The number of ether oxygens (including phenoxy) is 1. The number of hydrogen-bond acceptors (Lipinski definition) is 5. The van der Waals surface area contributed by atoms with E-state index in [0.717, 1.165) is 6.29 Å². The molecule has 1 fully saturated rings. The third kappa shape index (κ3) is 3.05. The Hall–Kier alpha value is -1.55. The zero-order valence-corrected chi connectivity index (χ0v) is 13.1. The van der Waals surface area contributed by atoms with Gasteiger partial charge < -0.3 is 9.64 Å². The molecule has 0 amide bonds. The Labute approximate surface area is 134 Å². The first kappa shape index (κ1) is 14.4. The molecule has 110 valence electrons. The molecule has 1 aromatic heterocycles. The van der Waals surface area contributed by atoms with Gasteiger partial charge in [-0.2, -0.15) is 0 Å². The lowest BCUT2D eigenvalue weighted by molar-refractivity contribution is -0.117. The Morgan fingerprint density at radius 1 is 1.52 bits per heavy atom. The standard InChI is InChI=1S/C13H12FIN4O2/c14-11-5-9(1-2-12(11)15)19-7-10(21-13(19)8-20)6-18-4-3-16-17-18/h1-5,8,10,13H,6-7H2/t10-,13?/m0/s1. The Kier molecular flexibility index (Phi) is 4.15. The van der Waals surface area contributed by atoms with Crippen molar-refractivity contribution in [2.45, 2.75) is 18.9 Å². The first-order valence-electron chi connectivity index (χ1n) is 6.34. The molecule has 8 heteroatoms. The molecule has 0 radical (unpaired) electrons. The third-order valence-electron chi connectivity index (χ3n) is 3.25. The van der Waals surface area contributed by atoms with Crippen LogP contribution in [0.15, 0.2) is 30.6 Å². The van der Waals surface area contributed by atoms with Crippen LogP contribution >= 0.6 is 22.6 Å². The van der Waals surface area contributed by atoms with Crippen LogP contribution < -0.4 is 4.90 Å². The smallest absolute Gasteiger partial charge is 0.187 e. The molecule has 0 bridgehead atoms. The molecule has 0 saturated carbocycles. The zero-order chi connectivity index (χ0) is 14.8. The number of halogens is 2. The Morgan fingerprint density at radius 3 is 3.05 bits per heavy atom. The fourth-order valence-corrected chi connectivity index (χ4v) is 2.63. The zero-order valence-electron chi connectivity index (χ0n) is 10.9. The fraction of sp³-hybridized carbons (Fsp3) is 0.308. The average Bonchev–Trinajstić information content (AvgIpc) is 3.11. The second-order valence-electron chi connectivity index (χ2n) is 4.66. The number of hydrogen-bond donors (Lipinski definition) is 0. The minimum atomic E-state index is -0.710. The number of nitrogens with zero attached hydrogens (tertiary/aromatic N) is 4. The highest BCUT2D eigenvalue weighted by atomic mass is 127. The summed E-state index contributed by atoms with van der Waals surface area (Å²) in [5.74, 6) is -0.308. The first-order chi connectivity index (χ1) is 10.2. The summed E-state index contributed by atoms with van der Waals surface area (Å²) in [7, 11) is 0. The summed E-state index contributed by atoms with van der Waals surface area (Å²) in [4.78, 5) is 12.9. The minimum absolute atomic E-state index is 0.204. The van der Waals surface area contributed by atoms with E-state index in [2.05, 4.69) is 10.3 Å². The molecule has 0 aliphatic carbocycles. The highest BCUT2D eigenvalue weighted by molar-refractivity contribution is 14.1. The quantitative estimate of drug-likeness (QED) is 0.573. The van der Waals surface area contributed by atoms with Gasteiger partial charge in [-0.3, -0.25) is 4.79 Å². The van der Waals surface area contributed by atoms with Crippen molar-refractivity contribution >= 4 is 34.6 Å². The number of carbonyl (C=O) groups excluding carboxylic acids is 1. The van der Waals surface area contributed by atoms with Crippen molar-refractivity contribution < 1.29 is 13.9 Å². The molecule has 2 atom stereocenters. The summed E-state index contributed by atoms with van der Waals surface area (Å²) in [6.45, 7) is 0.983. The van der Waals surface area contributed by atoms with Gasteiger partial charge in [0, 0.05) is 22.0 Å². The maximum Gasteiger partial charge on any atom is 0.187 e. The summed E-state index contributed by atoms with van der Waals surface area (Å²) in [5.41, 5.74) is 0.631. The number of anilines is 1. The van der Waals surface area contributed by atoms with Gasteiger partial charge in [0.15, 0.2) is 12.5 Å². The lowest BCUT2D eigenvalue weighted by Gasteiger charge is -2.20. The van der Waals surface area contributed by atoms with Gasteiger partial charge in [0.05, 0.1) is 18.8 Å². The molecule has 1 aromatic carbocycles. The van der Waals surface area contributed by atoms with Crippen LogP contribution in [0.2, 0.25) is 0 Å². The number of rotatable bonds is 4. The molecular formula is C13H12FIN4O2. The van der Waals surface area contributed by atoms with Crippen LogP contribution in [0, 0.1) is 9.39 Å². The summed E-state index contributed by atoms with van der Waals surface area (Å²) in [6.07, 6.45) is 3.12. The van der Waals surface area contributed by atoms with Crippen molar-refractivity contribution in [1.82, 2.24) is 15.0 Å². The van der Waals surface area contributed by atoms with E-state index in [1.165, 1.54) is 6.07 Å². The summed E-state index contributed by atoms with van der Waals surface area (Å²) < 4.78 is 21.5. The molecular weight excluding hydrogens is 390 g/mol. The van der Waals surface area contributed by atoms with E-state index in [0.29, 0.717) is 22.3 Å². The Morgan fingerprint density at radius 2 is 2.38 bits per heavy atom. The third-order valence-corrected chi connectivity index (χ3v) is 4.13. The summed E-state index contributed by atoms with van der Waals surface area (Å²) in [5, 5.41) is 7.60. The predicted octanol–water partition coefficient (Wildman–Crippen LogP) is 1.45. The van der Waals surface area contributed by atoms with Crippen LogP contribution in [-0.4, -0.2) is 40.2 Å². The molecule has 3 rings (SSSR count). The van der Waals surface area contributed by atoms with E-state index in [1.54, 1.807) is 34.1 Å². The van der Waals surface area contributed by atoms with Crippen LogP contribution in [0.25, 0.3) is 0 Å². The van der Waals surface area contributed by atoms with E-state index in [4.69, 9.17) is 4.74 Å². The molecule has 1 saturated heterocycles. The van der Waals surface area contributed by atoms with E-state index < -0.39 is 6.23 Å². The molecule has 0 N–H and O–H groups in total. The maximum atomic E-state index is 13.7. The van der Waals surface area contributed by atoms with Crippen molar-refractivity contribution in [3.8, 4) is 0 Å². The van der Waals surface area contributed by atoms with Gasteiger partial charge in [-0.05, 0) is 40.8 Å². The van der Waals surface area contributed by atoms with Gasteiger partial charge in [-0.25, -0.2) is 9.07 Å². The van der Waals surface area contributed by atoms with Crippen molar-refractivity contribution in [2.24, 2.45) is 0 Å². The van der Waals surface area contributed by atoms with Crippen molar-refractivity contribution in [2.75, 3.05) is 11.4 Å². The average molecular weight is 402 g/mol. The molecule has 0 spiro atoms. The second-order valence-corrected chi connectivity index (χ2v) is 5.82. The Balaban J connectivity index is 1.78. The Bertz CT molecular complexity index is 637. The molecule has 6 nitrogen and oxygen atoms in total. The van der Waals surface area contributed by atoms with Gasteiger partial charge >= 0.3 is 0 Å². The lowest BCUT2D eigenvalue weighted by atomic mass is 10.2. The van der Waals surface area contributed by atoms with Crippen LogP contribution in [-0.2, 0) is 16.1 Å². The number of benzene rings is 1. The molecule has 1 aliphatic heterocycles. The van der Waals surface area contributed by atoms with Gasteiger partial charge in [0.1, 0.15) is 5.82 Å². The van der Waals surface area contributed by atoms with E-state index in [1.807, 2.05) is 22.6 Å². The second kappa shape index (κ2) is 6.06. The number of aldehydes is 1. The highest BCUT2D eigenvalue weighted by Crippen LogP contribution is 2.26. The monoisotopic (exact) mass is 402 g/mol. The molecule has 2 heterocycles. The van der Waals surface area contributed by atoms with Gasteiger partial charge in [-0.1, -0.05) is 5.21 Å². The maximum absolute atomic E-state index is 13.7. The van der Waals surface area contributed by atoms with Crippen LogP contribution in [0.3, 0.4) is 0 Å². The van der Waals surface area contributed by atoms with E-state index in [-0.39, 0.29) is 11.9 Å². The van der Waals surface area contributed by atoms with Crippen molar-refractivity contribution in [3.63, 3.8) is 0 Å². The minimum Gasteiger partial charge on any atom is -0.344 e. The van der Waals surface area contributed by atoms with Gasteiger partial charge in [-0.15, -0.1) is 5.10 Å². The fourth-order valence-electron chi connectivity index (χ4n) is 2.30. The van der Waals surface area contributed by atoms with Crippen LogP contribution in [0.4, 0.5) is 10.1 Å². The lowest BCUT2D eigenvalue weighted by Crippen LogP contribution is -2.31. The van der Waals surface area contributed by atoms with Crippen LogP contribution in [0.1, 0.15) is 0 Å². The van der Waals surface area contributed by atoms with E-state index >= 15 is 0 Å². The highest BCUT2D eigenvalue weighted by Gasteiger charge is 2.33. The number of aromatic nitrogens is 3. The predicted molar refractivity (Wildman–Crippen MR) is 81.2 cm³/mol. The molecule has 1 unspecified atom stereocenters. The van der Waals surface area contributed by atoms with Gasteiger partial charge in [0.25, 0.3) is 0 Å². The van der Waals surface area contributed by atoms with Crippen molar-refractivity contribution in [3.05, 3.63) is 40.0 Å². The summed E-state index contributed by atoms with van der Waals surface area (Å²) >= 11 is 1.92. The van der Waals surface area contributed by atoms with Gasteiger partial charge in [0.2, 0.25) is 0 Å². The normalized spacial score (nSPS) is 21.7. The molecule has 1 aliphatic rings. The van der Waals surface area contributed by atoms with E-state index in [9.17, 15) is 9.18 Å². The first-order valence-corrected chi connectivity index (χ1v) is 7.42. The number of carbonyl (C=O) groups is 1. The topological polar surface area (TPSA) is 60.3 Å². The SMILES string of the molecule is O=CC1O[C@@H](Cn2ccnn2)CN1c1ccc(I)c(F)c1. The van der Waals surface area contributed by atoms with Crippen LogP contribution in [0.5, 0.6) is 0 Å². The largest absolute Gasteiger partial charge is 0.344 e. The van der Waals surface area contributed by atoms with Crippen molar-refractivity contribution in [1.29, 1.82) is 0 Å².